The van der Waals surface area contributed by atoms with Crippen LogP contribution in [0.5, 0.6) is 5.75 Å². The maximum absolute atomic E-state index is 13.3. The van der Waals surface area contributed by atoms with Crippen LogP contribution in [0.25, 0.3) is 10.9 Å². The van der Waals surface area contributed by atoms with E-state index >= 15 is 0 Å². The molecule has 0 fully saturated rings. The monoisotopic (exact) mass is 410 g/mol. The first-order valence-corrected chi connectivity index (χ1v) is 10.0. The first-order chi connectivity index (χ1) is 14.0. The second kappa shape index (κ2) is 8.08. The lowest BCUT2D eigenvalue weighted by Gasteiger charge is -2.09. The molecule has 2 aromatic carbocycles. The van der Waals surface area contributed by atoms with Crippen LogP contribution < -0.4 is 10.2 Å². The fraction of sp³-hybridized carbons (Fsp3) is 0.190. The van der Waals surface area contributed by atoms with Crippen molar-refractivity contribution < 1.29 is 9.13 Å². The van der Waals surface area contributed by atoms with E-state index < -0.39 is 5.82 Å². The number of hydrogen-bond acceptors (Lipinski definition) is 5. The third-order valence-electron chi connectivity index (χ3n) is 4.58. The van der Waals surface area contributed by atoms with Crippen LogP contribution in [-0.2, 0) is 19.4 Å². The molecule has 0 spiro atoms. The molecule has 148 valence electrons. The van der Waals surface area contributed by atoms with Crippen molar-refractivity contribution in [3.63, 3.8) is 0 Å². The molecule has 0 saturated heterocycles. The third-order valence-corrected chi connectivity index (χ3v) is 5.65. The quantitative estimate of drug-likeness (QED) is 0.487. The second-order valence-electron chi connectivity index (χ2n) is 6.65. The minimum absolute atomic E-state index is 0.209. The first-order valence-electron chi connectivity index (χ1n) is 9.02. The smallest absolute Gasteiger partial charge is 0.191 e. The van der Waals surface area contributed by atoms with Crippen molar-refractivity contribution in [2.75, 3.05) is 0 Å². The Morgan fingerprint density at radius 2 is 2.00 bits per heavy atom. The number of benzene rings is 2. The number of ether oxygens (including phenoxy) is 1. The van der Waals surface area contributed by atoms with E-state index in [4.69, 9.17) is 4.74 Å². The summed E-state index contributed by atoms with van der Waals surface area (Å²) < 4.78 is 21.1. The summed E-state index contributed by atoms with van der Waals surface area (Å²) in [6.07, 6.45) is 0. The molecule has 29 heavy (non-hydrogen) atoms. The van der Waals surface area contributed by atoms with Gasteiger partial charge in [-0.05, 0) is 36.8 Å². The molecule has 2 aromatic heterocycles. The first kappa shape index (κ1) is 19.2. The number of hydrogen-bond donors (Lipinski definition) is 1. The summed E-state index contributed by atoms with van der Waals surface area (Å²) in [6.45, 7) is 2.30. The van der Waals surface area contributed by atoms with Gasteiger partial charge in [0.1, 0.15) is 18.2 Å². The van der Waals surface area contributed by atoms with Gasteiger partial charge >= 0.3 is 0 Å². The van der Waals surface area contributed by atoms with Crippen LogP contribution in [0.1, 0.15) is 17.1 Å². The van der Waals surface area contributed by atoms with Crippen LogP contribution >= 0.6 is 11.8 Å². The Hall–Kier alpha value is -3.13. The summed E-state index contributed by atoms with van der Waals surface area (Å²) in [7, 11) is 1.88. The van der Waals surface area contributed by atoms with E-state index in [0.29, 0.717) is 34.2 Å². The summed E-state index contributed by atoms with van der Waals surface area (Å²) in [6, 6.07) is 13.4. The molecular formula is C21H19FN4O2S. The van der Waals surface area contributed by atoms with E-state index in [1.54, 1.807) is 6.07 Å². The zero-order valence-electron chi connectivity index (χ0n) is 16.0. The average Bonchev–Trinajstić information content (AvgIpc) is 3.06. The number of fused-ring (bicyclic) bond motifs is 1. The van der Waals surface area contributed by atoms with Crippen molar-refractivity contribution in [3.05, 3.63) is 81.7 Å². The largest absolute Gasteiger partial charge is 0.485 e. The SMILES string of the molecule is Cc1ccccc1OCc1nnc(SCc2cc(=O)c3cc(F)ccc3[nH]2)n1C. The molecule has 0 atom stereocenters. The summed E-state index contributed by atoms with van der Waals surface area (Å²) in [5.74, 6) is 1.60. The van der Waals surface area contributed by atoms with E-state index in [1.807, 2.05) is 42.8 Å². The predicted molar refractivity (Wildman–Crippen MR) is 111 cm³/mol. The van der Waals surface area contributed by atoms with Crippen molar-refractivity contribution >= 4 is 22.7 Å². The number of aryl methyl sites for hydroxylation is 1. The van der Waals surface area contributed by atoms with Crippen LogP contribution in [0.15, 0.2) is 58.5 Å². The van der Waals surface area contributed by atoms with Gasteiger partial charge in [0, 0.05) is 35.5 Å². The number of aromatic nitrogens is 4. The third kappa shape index (κ3) is 4.17. The summed E-state index contributed by atoms with van der Waals surface area (Å²) in [5.41, 5.74) is 2.20. The van der Waals surface area contributed by atoms with Crippen LogP contribution in [0.2, 0.25) is 0 Å². The normalized spacial score (nSPS) is 11.1. The van der Waals surface area contributed by atoms with Gasteiger partial charge in [-0.3, -0.25) is 4.79 Å². The number of nitrogens with zero attached hydrogens (tertiary/aromatic N) is 3. The Bertz CT molecular complexity index is 1240. The van der Waals surface area contributed by atoms with Gasteiger partial charge in [0.15, 0.2) is 16.4 Å². The van der Waals surface area contributed by atoms with Crippen LogP contribution in [0.3, 0.4) is 0 Å². The highest BCUT2D eigenvalue weighted by Crippen LogP contribution is 2.22. The van der Waals surface area contributed by atoms with E-state index in [9.17, 15) is 9.18 Å². The molecule has 0 saturated carbocycles. The van der Waals surface area contributed by atoms with Gasteiger partial charge < -0.3 is 14.3 Å². The molecule has 4 rings (SSSR count). The van der Waals surface area contributed by atoms with Crippen molar-refractivity contribution in [1.29, 1.82) is 0 Å². The molecule has 0 unspecified atom stereocenters. The lowest BCUT2D eigenvalue weighted by Crippen LogP contribution is -2.06. The summed E-state index contributed by atoms with van der Waals surface area (Å²) in [5, 5.41) is 9.48. The van der Waals surface area contributed by atoms with E-state index in [0.717, 1.165) is 17.0 Å². The molecule has 0 bridgehead atoms. The maximum atomic E-state index is 13.3. The molecule has 0 aliphatic heterocycles. The Kier molecular flexibility index (Phi) is 5.35. The lowest BCUT2D eigenvalue weighted by atomic mass is 10.2. The average molecular weight is 410 g/mol. The zero-order chi connectivity index (χ0) is 20.4. The summed E-state index contributed by atoms with van der Waals surface area (Å²) >= 11 is 1.46. The number of H-pyrrole nitrogens is 1. The fourth-order valence-corrected chi connectivity index (χ4v) is 3.79. The van der Waals surface area contributed by atoms with Crippen molar-refractivity contribution in [2.45, 2.75) is 24.4 Å². The van der Waals surface area contributed by atoms with Crippen molar-refractivity contribution in [3.8, 4) is 5.75 Å². The zero-order valence-corrected chi connectivity index (χ0v) is 16.8. The van der Waals surface area contributed by atoms with Gasteiger partial charge in [0.25, 0.3) is 0 Å². The molecule has 0 amide bonds. The van der Waals surface area contributed by atoms with Gasteiger partial charge in [-0.2, -0.15) is 0 Å². The molecule has 0 aliphatic rings. The summed E-state index contributed by atoms with van der Waals surface area (Å²) in [4.78, 5) is 15.4. The predicted octanol–water partition coefficient (Wildman–Crippen LogP) is 3.98. The molecule has 4 aromatic rings. The molecule has 2 heterocycles. The minimum atomic E-state index is -0.426. The molecule has 0 aliphatic carbocycles. The highest BCUT2D eigenvalue weighted by Gasteiger charge is 2.12. The fourth-order valence-electron chi connectivity index (χ4n) is 2.95. The van der Waals surface area contributed by atoms with E-state index in [2.05, 4.69) is 15.2 Å². The van der Waals surface area contributed by atoms with E-state index in [-0.39, 0.29) is 5.43 Å². The second-order valence-corrected chi connectivity index (χ2v) is 7.59. The minimum Gasteiger partial charge on any atom is -0.485 e. The van der Waals surface area contributed by atoms with Gasteiger partial charge in [-0.25, -0.2) is 4.39 Å². The standard InChI is InChI=1S/C21H19FN4O2S/c1-13-5-3-4-6-19(13)28-11-20-24-25-21(26(20)2)29-12-15-10-18(27)16-9-14(22)7-8-17(16)23-15/h3-10H,11-12H2,1-2H3,(H,23,27). The van der Waals surface area contributed by atoms with Crippen molar-refractivity contribution in [2.24, 2.45) is 7.05 Å². The van der Waals surface area contributed by atoms with Gasteiger partial charge in [0.05, 0.1) is 0 Å². The van der Waals surface area contributed by atoms with Gasteiger partial charge in [-0.15, -0.1) is 10.2 Å². The molecular weight excluding hydrogens is 391 g/mol. The number of halogens is 1. The highest BCUT2D eigenvalue weighted by atomic mass is 32.2. The highest BCUT2D eigenvalue weighted by molar-refractivity contribution is 7.98. The number of nitrogens with one attached hydrogen (secondary N) is 1. The van der Waals surface area contributed by atoms with Crippen LogP contribution in [0.4, 0.5) is 4.39 Å². The van der Waals surface area contributed by atoms with Gasteiger partial charge in [0.2, 0.25) is 0 Å². The Morgan fingerprint density at radius 1 is 1.17 bits per heavy atom. The van der Waals surface area contributed by atoms with Gasteiger partial charge in [-0.1, -0.05) is 30.0 Å². The maximum Gasteiger partial charge on any atom is 0.191 e. The molecule has 6 nitrogen and oxygen atoms in total. The number of aromatic amines is 1. The molecule has 8 heteroatoms. The number of pyridine rings is 1. The number of rotatable bonds is 6. The number of para-hydroxylation sites is 1. The van der Waals surface area contributed by atoms with Crippen LogP contribution in [0, 0.1) is 12.7 Å². The number of thioether (sulfide) groups is 1. The lowest BCUT2D eigenvalue weighted by molar-refractivity contribution is 0.288. The Labute approximate surface area is 170 Å². The molecule has 1 N–H and O–H groups in total. The van der Waals surface area contributed by atoms with Crippen LogP contribution in [-0.4, -0.2) is 19.7 Å². The van der Waals surface area contributed by atoms with Crippen molar-refractivity contribution in [1.82, 2.24) is 19.7 Å². The molecule has 0 radical (unpaired) electrons. The topological polar surface area (TPSA) is 72.8 Å². The Balaban J connectivity index is 1.45. The Morgan fingerprint density at radius 3 is 2.83 bits per heavy atom. The van der Waals surface area contributed by atoms with E-state index in [1.165, 1.54) is 30.0 Å².